The van der Waals surface area contributed by atoms with Crippen LogP contribution in [0.3, 0.4) is 0 Å². The molecule has 3 heteroatoms. The van der Waals surface area contributed by atoms with Crippen LogP contribution in [0.5, 0.6) is 5.75 Å². The second kappa shape index (κ2) is 4.86. The van der Waals surface area contributed by atoms with E-state index in [1.807, 2.05) is 30.3 Å². The fourth-order valence-corrected chi connectivity index (χ4v) is 1.94. The Kier molecular flexibility index (Phi) is 3.77. The second-order valence-electron chi connectivity index (χ2n) is 3.42. The predicted octanol–water partition coefficient (Wildman–Crippen LogP) is 2.50. The van der Waals surface area contributed by atoms with E-state index in [-0.39, 0.29) is 5.73 Å². The summed E-state index contributed by atoms with van der Waals surface area (Å²) in [5.74, 6) is 0.857. The van der Waals surface area contributed by atoms with Gasteiger partial charge in [-0.2, -0.15) is 0 Å². The molecule has 1 atom stereocenters. The van der Waals surface area contributed by atoms with Crippen LogP contribution < -0.4 is 10.5 Å². The van der Waals surface area contributed by atoms with E-state index in [1.54, 1.807) is 0 Å². The van der Waals surface area contributed by atoms with Crippen LogP contribution in [0.2, 0.25) is 13.1 Å². The van der Waals surface area contributed by atoms with Gasteiger partial charge < -0.3 is 10.5 Å². The summed E-state index contributed by atoms with van der Waals surface area (Å²) in [4.78, 5) is 0. The van der Waals surface area contributed by atoms with Crippen LogP contribution in [-0.2, 0) is 0 Å². The molecular formula is C11H16NOSi. The molecule has 1 aromatic rings. The number of hydrogen-bond donors (Lipinski definition) is 1. The fraction of sp³-hybridized carbons (Fsp3) is 0.273. The maximum absolute atomic E-state index is 5.75. The van der Waals surface area contributed by atoms with Crippen molar-refractivity contribution in [1.82, 2.24) is 0 Å². The Morgan fingerprint density at radius 2 is 1.93 bits per heavy atom. The minimum absolute atomic E-state index is 0.156. The van der Waals surface area contributed by atoms with Crippen molar-refractivity contribution < 1.29 is 4.74 Å². The zero-order valence-electron chi connectivity index (χ0n) is 8.66. The van der Waals surface area contributed by atoms with Crippen molar-refractivity contribution in [1.29, 1.82) is 0 Å². The van der Waals surface area contributed by atoms with Crippen LogP contribution >= 0.6 is 0 Å². The quantitative estimate of drug-likeness (QED) is 0.467. The van der Waals surface area contributed by atoms with Crippen LogP contribution in [0, 0.1) is 0 Å². The Labute approximate surface area is 87.0 Å². The van der Waals surface area contributed by atoms with Crippen LogP contribution in [-0.4, -0.2) is 14.5 Å². The first-order chi connectivity index (χ1) is 6.63. The lowest BCUT2D eigenvalue weighted by molar-refractivity contribution is 0.319. The molecule has 14 heavy (non-hydrogen) atoms. The summed E-state index contributed by atoms with van der Waals surface area (Å²) in [7, 11) is -0.503. The Morgan fingerprint density at radius 3 is 2.36 bits per heavy atom. The molecule has 0 saturated heterocycles. The number of ether oxygens (including phenoxy) is 1. The summed E-state index contributed by atoms with van der Waals surface area (Å²) in [5.41, 5.74) is 6.49. The summed E-state index contributed by atoms with van der Waals surface area (Å²) in [6.45, 7) is 8.18. The lowest BCUT2D eigenvalue weighted by Gasteiger charge is -2.17. The molecule has 0 aromatic heterocycles. The van der Waals surface area contributed by atoms with E-state index in [1.165, 1.54) is 0 Å². The van der Waals surface area contributed by atoms with Gasteiger partial charge in [0.05, 0.1) is 8.80 Å². The standard InChI is InChI=1S/C11H16NOSi/c1-4-11(14(2)3)13-10-7-5-9(12)6-8-10/h4-8,11H,1,12H2,2-3H3. The Hall–Kier alpha value is -1.22. The SMILES string of the molecule is C=CC(Oc1ccc(N)cc1)[Si](C)C. The van der Waals surface area contributed by atoms with E-state index in [0.717, 1.165) is 11.4 Å². The van der Waals surface area contributed by atoms with Crippen molar-refractivity contribution in [2.75, 3.05) is 5.73 Å². The van der Waals surface area contributed by atoms with Gasteiger partial charge in [0.2, 0.25) is 0 Å². The van der Waals surface area contributed by atoms with Crippen LogP contribution in [0.1, 0.15) is 0 Å². The molecule has 1 rings (SSSR count). The molecule has 2 nitrogen and oxygen atoms in total. The number of anilines is 1. The molecule has 0 heterocycles. The molecule has 0 amide bonds. The first kappa shape index (κ1) is 10.9. The molecule has 0 saturated carbocycles. The monoisotopic (exact) mass is 206 g/mol. The van der Waals surface area contributed by atoms with Gasteiger partial charge in [-0.1, -0.05) is 25.7 Å². The third kappa shape index (κ3) is 2.92. The highest BCUT2D eigenvalue weighted by Crippen LogP contribution is 2.15. The van der Waals surface area contributed by atoms with Gasteiger partial charge in [0, 0.05) is 5.69 Å². The van der Waals surface area contributed by atoms with E-state index in [9.17, 15) is 0 Å². The summed E-state index contributed by atoms with van der Waals surface area (Å²) >= 11 is 0. The first-order valence-electron chi connectivity index (χ1n) is 4.58. The summed E-state index contributed by atoms with van der Waals surface area (Å²) < 4.78 is 5.75. The summed E-state index contributed by atoms with van der Waals surface area (Å²) in [6, 6.07) is 7.45. The molecule has 0 aliphatic carbocycles. The molecule has 0 bridgehead atoms. The highest BCUT2D eigenvalue weighted by Gasteiger charge is 2.11. The average Bonchev–Trinajstić information content (AvgIpc) is 2.16. The molecule has 1 aromatic carbocycles. The summed E-state index contributed by atoms with van der Waals surface area (Å²) in [5, 5.41) is 0. The third-order valence-corrected chi connectivity index (χ3v) is 3.42. The Bertz CT molecular complexity index is 295. The van der Waals surface area contributed by atoms with Gasteiger partial charge in [0.15, 0.2) is 0 Å². The van der Waals surface area contributed by atoms with Gasteiger partial charge in [0.25, 0.3) is 0 Å². The number of rotatable bonds is 4. The molecule has 0 spiro atoms. The van der Waals surface area contributed by atoms with Crippen molar-refractivity contribution >= 4 is 14.5 Å². The van der Waals surface area contributed by atoms with E-state index in [4.69, 9.17) is 10.5 Å². The van der Waals surface area contributed by atoms with Crippen molar-refractivity contribution in [2.45, 2.75) is 18.8 Å². The van der Waals surface area contributed by atoms with Crippen molar-refractivity contribution in [3.8, 4) is 5.75 Å². The van der Waals surface area contributed by atoms with Crippen molar-refractivity contribution in [3.63, 3.8) is 0 Å². The largest absolute Gasteiger partial charge is 0.490 e. The number of nitrogens with two attached hydrogens (primary N) is 1. The van der Waals surface area contributed by atoms with Gasteiger partial charge in [-0.3, -0.25) is 0 Å². The third-order valence-electron chi connectivity index (χ3n) is 1.93. The predicted molar refractivity (Wildman–Crippen MR) is 62.9 cm³/mol. The Morgan fingerprint density at radius 1 is 1.36 bits per heavy atom. The molecule has 1 unspecified atom stereocenters. The van der Waals surface area contributed by atoms with Crippen molar-refractivity contribution in [3.05, 3.63) is 36.9 Å². The first-order valence-corrected chi connectivity index (χ1v) is 7.16. The Balaban J connectivity index is 2.67. The minimum atomic E-state index is -0.503. The number of hydrogen-bond acceptors (Lipinski definition) is 2. The van der Waals surface area contributed by atoms with Crippen molar-refractivity contribution in [2.24, 2.45) is 0 Å². The fourth-order valence-electron chi connectivity index (χ4n) is 1.09. The smallest absolute Gasteiger partial charge is 0.119 e. The normalized spacial score (nSPS) is 12.5. The lowest BCUT2D eigenvalue weighted by atomic mass is 10.3. The summed E-state index contributed by atoms with van der Waals surface area (Å²) in [6.07, 6.45) is 1.87. The van der Waals surface area contributed by atoms with Crippen LogP contribution in [0.15, 0.2) is 36.9 Å². The molecule has 0 fully saturated rings. The van der Waals surface area contributed by atoms with Gasteiger partial charge in [-0.25, -0.2) is 0 Å². The number of nitrogen functional groups attached to an aromatic ring is 1. The molecule has 75 valence electrons. The molecule has 0 aliphatic rings. The van der Waals surface area contributed by atoms with E-state index in [2.05, 4.69) is 19.7 Å². The second-order valence-corrected chi connectivity index (χ2v) is 6.14. The van der Waals surface area contributed by atoms with Gasteiger partial charge in [-0.05, 0) is 24.3 Å². The minimum Gasteiger partial charge on any atom is -0.490 e. The van der Waals surface area contributed by atoms with E-state index in [0.29, 0.717) is 0 Å². The topological polar surface area (TPSA) is 35.2 Å². The van der Waals surface area contributed by atoms with Crippen LogP contribution in [0.4, 0.5) is 5.69 Å². The lowest BCUT2D eigenvalue weighted by Crippen LogP contribution is -2.28. The van der Waals surface area contributed by atoms with Gasteiger partial charge in [-0.15, -0.1) is 0 Å². The van der Waals surface area contributed by atoms with Gasteiger partial charge in [0.1, 0.15) is 11.5 Å². The average molecular weight is 206 g/mol. The molecule has 1 radical (unpaired) electrons. The van der Waals surface area contributed by atoms with Crippen LogP contribution in [0.25, 0.3) is 0 Å². The maximum atomic E-state index is 5.75. The van der Waals surface area contributed by atoms with Gasteiger partial charge >= 0.3 is 0 Å². The molecular weight excluding hydrogens is 190 g/mol. The van der Waals surface area contributed by atoms with E-state index >= 15 is 0 Å². The molecule has 2 N–H and O–H groups in total. The highest BCUT2D eigenvalue weighted by molar-refractivity contribution is 6.57. The zero-order valence-corrected chi connectivity index (χ0v) is 9.66. The van der Waals surface area contributed by atoms with E-state index < -0.39 is 8.80 Å². The highest BCUT2D eigenvalue weighted by atomic mass is 28.3. The zero-order chi connectivity index (χ0) is 10.6. The molecule has 0 aliphatic heterocycles. The maximum Gasteiger partial charge on any atom is 0.119 e. The number of benzene rings is 1.